The molecular formula is C31H39N3O3S2. The van der Waals surface area contributed by atoms with E-state index in [0.717, 1.165) is 59.0 Å². The van der Waals surface area contributed by atoms with Crippen molar-refractivity contribution in [1.29, 1.82) is 0 Å². The number of methoxy groups -OCH3 is 1. The highest BCUT2D eigenvalue weighted by Gasteiger charge is 2.28. The van der Waals surface area contributed by atoms with Crippen molar-refractivity contribution in [1.82, 2.24) is 9.88 Å². The number of rotatable bonds is 4. The van der Waals surface area contributed by atoms with Crippen LogP contribution >= 0.6 is 23.6 Å². The Hall–Kier alpha value is -2.97. The first-order chi connectivity index (χ1) is 18.3. The molecule has 0 amide bonds. The highest BCUT2D eigenvalue weighted by Crippen LogP contribution is 2.42. The van der Waals surface area contributed by atoms with Gasteiger partial charge in [-0.1, -0.05) is 47.6 Å². The van der Waals surface area contributed by atoms with Gasteiger partial charge in [0.05, 0.1) is 23.4 Å². The molecule has 39 heavy (non-hydrogen) atoms. The summed E-state index contributed by atoms with van der Waals surface area (Å²) in [7, 11) is 1.37. The second-order valence-corrected chi connectivity index (χ2v) is 13.5. The topological polar surface area (TPSA) is 74.7 Å². The molecule has 1 aliphatic rings. The summed E-state index contributed by atoms with van der Waals surface area (Å²) in [5.74, 6) is 0.402. The lowest BCUT2D eigenvalue weighted by atomic mass is 9.78. The first-order valence-corrected chi connectivity index (χ1v) is 14.6. The van der Waals surface area contributed by atoms with Gasteiger partial charge >= 0.3 is 5.97 Å². The number of phenolic OH excluding ortho intramolecular Hbond substituents is 1. The molecule has 1 aromatic heterocycles. The molecule has 208 valence electrons. The summed E-state index contributed by atoms with van der Waals surface area (Å²) < 4.78 is 4.82. The number of aromatic nitrogens is 1. The van der Waals surface area contributed by atoms with Gasteiger partial charge in [-0.05, 0) is 66.2 Å². The van der Waals surface area contributed by atoms with Crippen LogP contribution in [0.5, 0.6) is 5.75 Å². The van der Waals surface area contributed by atoms with E-state index in [2.05, 4.69) is 69.3 Å². The van der Waals surface area contributed by atoms with E-state index in [0.29, 0.717) is 22.3 Å². The lowest BCUT2D eigenvalue weighted by Crippen LogP contribution is -2.40. The van der Waals surface area contributed by atoms with E-state index in [1.165, 1.54) is 7.11 Å². The summed E-state index contributed by atoms with van der Waals surface area (Å²) in [6.45, 7) is 14.5. The summed E-state index contributed by atoms with van der Waals surface area (Å²) in [6.07, 6.45) is 1.93. The van der Waals surface area contributed by atoms with Crippen molar-refractivity contribution in [2.45, 2.75) is 71.1 Å². The molecule has 4 rings (SSSR count). The van der Waals surface area contributed by atoms with Gasteiger partial charge in [0.2, 0.25) is 0 Å². The smallest absolute Gasteiger partial charge is 0.337 e. The average molecular weight is 566 g/mol. The average Bonchev–Trinajstić information content (AvgIpc) is 3.37. The largest absolute Gasteiger partial charge is 0.507 e. The minimum Gasteiger partial charge on any atom is -0.507 e. The summed E-state index contributed by atoms with van der Waals surface area (Å²) in [4.78, 5) is 19.1. The number of esters is 1. The van der Waals surface area contributed by atoms with Gasteiger partial charge in [0.1, 0.15) is 5.75 Å². The SMILES string of the molecule is COC(=O)c1cccc(NC(=S)N2CCC(c3nc(-c4cc(C(C)(C)C)c(O)c(C(C)(C)C)c4)cs3)CC2)c1. The second-order valence-electron chi connectivity index (χ2n) is 12.3. The Morgan fingerprint density at radius 3 is 2.26 bits per heavy atom. The van der Waals surface area contributed by atoms with Gasteiger partial charge in [-0.25, -0.2) is 9.78 Å². The number of carbonyl (C=O) groups is 1. The van der Waals surface area contributed by atoms with Crippen molar-refractivity contribution in [3.8, 4) is 17.0 Å². The Morgan fingerprint density at radius 2 is 1.69 bits per heavy atom. The molecule has 3 aromatic rings. The van der Waals surface area contributed by atoms with E-state index in [9.17, 15) is 9.90 Å². The molecule has 6 nitrogen and oxygen atoms in total. The van der Waals surface area contributed by atoms with Crippen LogP contribution in [-0.2, 0) is 15.6 Å². The Morgan fingerprint density at radius 1 is 1.08 bits per heavy atom. The number of ether oxygens (including phenoxy) is 1. The number of hydrogen-bond donors (Lipinski definition) is 2. The monoisotopic (exact) mass is 565 g/mol. The molecule has 8 heteroatoms. The summed E-state index contributed by atoms with van der Waals surface area (Å²) in [5.41, 5.74) is 4.82. The lowest BCUT2D eigenvalue weighted by Gasteiger charge is -2.33. The van der Waals surface area contributed by atoms with Gasteiger partial charge in [0.15, 0.2) is 5.11 Å². The van der Waals surface area contributed by atoms with Crippen molar-refractivity contribution >= 4 is 40.3 Å². The number of carbonyl (C=O) groups excluding carboxylic acids is 1. The second kappa shape index (κ2) is 11.3. The zero-order valence-corrected chi connectivity index (χ0v) is 25.6. The summed E-state index contributed by atoms with van der Waals surface area (Å²) >= 11 is 7.39. The highest BCUT2D eigenvalue weighted by atomic mass is 32.1. The van der Waals surface area contributed by atoms with E-state index in [-0.39, 0.29) is 16.8 Å². The van der Waals surface area contributed by atoms with Crippen molar-refractivity contribution in [3.63, 3.8) is 0 Å². The molecule has 0 saturated carbocycles. The van der Waals surface area contributed by atoms with Gasteiger partial charge < -0.3 is 20.1 Å². The van der Waals surface area contributed by atoms with E-state index < -0.39 is 0 Å². The van der Waals surface area contributed by atoms with Crippen molar-refractivity contribution in [2.75, 3.05) is 25.5 Å². The Bertz CT molecular complexity index is 1320. The molecule has 1 fully saturated rings. The normalized spacial score (nSPS) is 14.8. The number of piperidine rings is 1. The predicted molar refractivity (Wildman–Crippen MR) is 164 cm³/mol. The fraction of sp³-hybridized carbons (Fsp3) is 0.452. The van der Waals surface area contributed by atoms with Gasteiger partial charge in [-0.3, -0.25) is 0 Å². The third kappa shape index (κ3) is 6.61. The number of thiocarbonyl (C=S) groups is 1. The van der Waals surface area contributed by atoms with Crippen LogP contribution in [0.1, 0.15) is 86.8 Å². The number of likely N-dealkylation sites (tertiary alicyclic amines) is 1. The van der Waals surface area contributed by atoms with Crippen LogP contribution in [-0.4, -0.2) is 46.3 Å². The molecule has 2 heterocycles. The van der Waals surface area contributed by atoms with Crippen LogP contribution in [0.4, 0.5) is 5.69 Å². The number of nitrogens with one attached hydrogen (secondary N) is 1. The summed E-state index contributed by atoms with van der Waals surface area (Å²) in [6, 6.07) is 11.4. The maximum absolute atomic E-state index is 11.8. The van der Waals surface area contributed by atoms with E-state index >= 15 is 0 Å². The highest BCUT2D eigenvalue weighted by molar-refractivity contribution is 7.80. The first kappa shape index (κ1) is 29.0. The Kier molecular flexibility index (Phi) is 8.38. The number of hydrogen-bond acceptors (Lipinski definition) is 6. The molecule has 1 saturated heterocycles. The fourth-order valence-corrected chi connectivity index (χ4v) is 6.21. The van der Waals surface area contributed by atoms with Crippen molar-refractivity contribution < 1.29 is 14.6 Å². The number of nitrogens with zero attached hydrogens (tertiary/aromatic N) is 2. The van der Waals surface area contributed by atoms with Crippen LogP contribution in [0, 0.1) is 0 Å². The molecule has 2 N–H and O–H groups in total. The molecule has 0 unspecified atom stereocenters. The molecule has 0 aliphatic carbocycles. The minimum absolute atomic E-state index is 0.182. The lowest BCUT2D eigenvalue weighted by molar-refractivity contribution is 0.0600. The molecule has 0 spiro atoms. The number of aromatic hydroxyl groups is 1. The molecular weight excluding hydrogens is 526 g/mol. The molecule has 1 aliphatic heterocycles. The minimum atomic E-state index is -0.371. The van der Waals surface area contributed by atoms with Crippen molar-refractivity contribution in [2.24, 2.45) is 0 Å². The number of phenols is 1. The standard InChI is InChI=1S/C31H39N3O3S2/c1-30(2,3)23-16-21(17-24(26(23)35)31(4,5)6)25-18-39-27(33-25)19-11-13-34(14-12-19)29(38)32-22-10-8-9-20(15-22)28(36)37-7/h8-10,15-19,35H,11-14H2,1-7H3,(H,32,38). The first-order valence-electron chi connectivity index (χ1n) is 13.4. The third-order valence-electron chi connectivity index (χ3n) is 7.21. The number of thiazole rings is 1. The molecule has 0 radical (unpaired) electrons. The Balaban J connectivity index is 1.46. The van der Waals surface area contributed by atoms with Crippen LogP contribution < -0.4 is 5.32 Å². The van der Waals surface area contributed by atoms with Gasteiger partial charge in [0, 0.05) is 46.8 Å². The quantitative estimate of drug-likeness (QED) is 0.251. The maximum atomic E-state index is 11.8. The van der Waals surface area contributed by atoms with Gasteiger partial charge in [-0.2, -0.15) is 0 Å². The zero-order chi connectivity index (χ0) is 28.5. The van der Waals surface area contributed by atoms with Crippen LogP contribution in [0.25, 0.3) is 11.3 Å². The number of benzene rings is 2. The molecule has 0 atom stereocenters. The van der Waals surface area contributed by atoms with Gasteiger partial charge in [-0.15, -0.1) is 11.3 Å². The molecule has 0 bridgehead atoms. The van der Waals surface area contributed by atoms with Crippen LogP contribution in [0.15, 0.2) is 41.8 Å². The maximum Gasteiger partial charge on any atom is 0.337 e. The van der Waals surface area contributed by atoms with Crippen molar-refractivity contribution in [3.05, 3.63) is 63.5 Å². The summed E-state index contributed by atoms with van der Waals surface area (Å²) in [5, 5.41) is 18.3. The third-order valence-corrected chi connectivity index (χ3v) is 8.58. The Labute approximate surface area is 241 Å². The van der Waals surface area contributed by atoms with Crippen LogP contribution in [0.3, 0.4) is 0 Å². The number of anilines is 1. The zero-order valence-electron chi connectivity index (χ0n) is 23.9. The van der Waals surface area contributed by atoms with Gasteiger partial charge in [0.25, 0.3) is 0 Å². The fourth-order valence-electron chi connectivity index (χ4n) is 4.91. The predicted octanol–water partition coefficient (Wildman–Crippen LogP) is 7.47. The van der Waals surface area contributed by atoms with Crippen LogP contribution in [0.2, 0.25) is 0 Å². The van der Waals surface area contributed by atoms with E-state index in [4.69, 9.17) is 21.9 Å². The van der Waals surface area contributed by atoms with E-state index in [1.54, 1.807) is 23.5 Å². The molecule has 2 aromatic carbocycles. The van der Waals surface area contributed by atoms with E-state index in [1.807, 2.05) is 12.1 Å².